The maximum atomic E-state index is 12.1. The number of hydrogen-bond donors (Lipinski definition) is 1. The molecule has 110 valence electrons. The van der Waals surface area contributed by atoms with Crippen LogP contribution in [-0.4, -0.2) is 75.2 Å². The molecular weight excluding hydrogens is 242 g/mol. The molecule has 0 unspecified atom stereocenters. The third kappa shape index (κ3) is 5.09. The summed E-state index contributed by atoms with van der Waals surface area (Å²) in [6.45, 7) is 7.73. The fourth-order valence-corrected chi connectivity index (χ4v) is 2.80. The van der Waals surface area contributed by atoms with Crippen molar-refractivity contribution in [2.45, 2.75) is 19.3 Å². The summed E-state index contributed by atoms with van der Waals surface area (Å²) in [5.41, 5.74) is 0. The first-order valence-corrected chi connectivity index (χ1v) is 7.50. The van der Waals surface area contributed by atoms with Gasteiger partial charge in [-0.15, -0.1) is 0 Å². The summed E-state index contributed by atoms with van der Waals surface area (Å²) in [4.78, 5) is 16.4. The Hall–Kier alpha value is -0.650. The van der Waals surface area contributed by atoms with Crippen LogP contribution in [-0.2, 0) is 9.53 Å². The molecule has 0 bridgehead atoms. The highest BCUT2D eigenvalue weighted by Crippen LogP contribution is 2.15. The third-order valence-electron chi connectivity index (χ3n) is 4.15. The fraction of sp³-hybridized carbons (Fsp3) is 0.929. The van der Waals surface area contributed by atoms with Gasteiger partial charge in [0.2, 0.25) is 5.91 Å². The zero-order valence-corrected chi connectivity index (χ0v) is 12.1. The van der Waals surface area contributed by atoms with E-state index in [1.54, 1.807) is 0 Å². The summed E-state index contributed by atoms with van der Waals surface area (Å²) in [7, 11) is 1.94. The minimum absolute atomic E-state index is 0.282. The molecule has 0 radical (unpaired) electrons. The molecule has 19 heavy (non-hydrogen) atoms. The number of hydrogen-bond acceptors (Lipinski definition) is 4. The number of amides is 1. The molecule has 0 aromatic rings. The Morgan fingerprint density at radius 3 is 2.68 bits per heavy atom. The Kier molecular flexibility index (Phi) is 6.07. The van der Waals surface area contributed by atoms with Crippen molar-refractivity contribution in [1.82, 2.24) is 15.1 Å². The Morgan fingerprint density at radius 1 is 1.32 bits per heavy atom. The van der Waals surface area contributed by atoms with Gasteiger partial charge < -0.3 is 19.9 Å². The third-order valence-corrected chi connectivity index (χ3v) is 4.15. The maximum Gasteiger partial charge on any atom is 0.223 e. The van der Waals surface area contributed by atoms with E-state index in [0.717, 1.165) is 65.3 Å². The van der Waals surface area contributed by atoms with Crippen LogP contribution >= 0.6 is 0 Å². The molecule has 5 nitrogen and oxygen atoms in total. The highest BCUT2D eigenvalue weighted by Gasteiger charge is 2.19. The monoisotopic (exact) mass is 269 g/mol. The standard InChI is InChI=1S/C14H27N3O2/c1-16(12-13-3-10-19-11-4-13)14(18)2-7-17-8-5-15-6-9-17/h13,15H,2-12H2,1H3. The number of nitrogens with one attached hydrogen (secondary N) is 1. The van der Waals surface area contributed by atoms with Crippen molar-refractivity contribution in [2.75, 3.05) is 59.5 Å². The van der Waals surface area contributed by atoms with Crippen LogP contribution in [0.25, 0.3) is 0 Å². The first kappa shape index (κ1) is 14.8. The maximum absolute atomic E-state index is 12.1. The lowest BCUT2D eigenvalue weighted by molar-refractivity contribution is -0.131. The van der Waals surface area contributed by atoms with Crippen LogP contribution in [0.3, 0.4) is 0 Å². The predicted octanol–water partition coefficient (Wildman–Crippen LogP) is 0.167. The largest absolute Gasteiger partial charge is 0.381 e. The van der Waals surface area contributed by atoms with Crippen molar-refractivity contribution < 1.29 is 9.53 Å². The van der Waals surface area contributed by atoms with Gasteiger partial charge in [-0.1, -0.05) is 0 Å². The second-order valence-electron chi connectivity index (χ2n) is 5.67. The molecule has 2 aliphatic heterocycles. The SMILES string of the molecule is CN(CC1CCOCC1)C(=O)CCN1CCNCC1. The van der Waals surface area contributed by atoms with Crippen molar-refractivity contribution in [2.24, 2.45) is 5.92 Å². The molecule has 0 aromatic heterocycles. The van der Waals surface area contributed by atoms with Gasteiger partial charge in [-0.2, -0.15) is 0 Å². The molecule has 0 spiro atoms. The average molecular weight is 269 g/mol. The van der Waals surface area contributed by atoms with E-state index in [-0.39, 0.29) is 5.91 Å². The molecule has 0 saturated carbocycles. The molecule has 1 N–H and O–H groups in total. The number of carbonyl (C=O) groups is 1. The van der Waals surface area contributed by atoms with Gasteiger partial charge in [0.1, 0.15) is 0 Å². The van der Waals surface area contributed by atoms with E-state index in [0.29, 0.717) is 12.3 Å². The van der Waals surface area contributed by atoms with Gasteiger partial charge in [0.25, 0.3) is 0 Å². The smallest absolute Gasteiger partial charge is 0.223 e. The van der Waals surface area contributed by atoms with E-state index in [9.17, 15) is 4.79 Å². The molecule has 2 rings (SSSR count). The highest BCUT2D eigenvalue weighted by atomic mass is 16.5. The lowest BCUT2D eigenvalue weighted by Crippen LogP contribution is -2.45. The number of piperazine rings is 1. The Bertz CT molecular complexity index is 274. The normalized spacial score (nSPS) is 22.4. The van der Waals surface area contributed by atoms with E-state index in [1.165, 1.54) is 0 Å². The molecule has 1 amide bonds. The Morgan fingerprint density at radius 2 is 2.00 bits per heavy atom. The van der Waals surface area contributed by atoms with Crippen molar-refractivity contribution in [3.05, 3.63) is 0 Å². The van der Waals surface area contributed by atoms with Crippen molar-refractivity contribution in [3.63, 3.8) is 0 Å². The van der Waals surface area contributed by atoms with Crippen LogP contribution in [0.4, 0.5) is 0 Å². The van der Waals surface area contributed by atoms with Crippen LogP contribution in [0, 0.1) is 5.92 Å². The summed E-state index contributed by atoms with van der Waals surface area (Å²) in [6.07, 6.45) is 2.84. The van der Waals surface area contributed by atoms with Gasteiger partial charge in [0.05, 0.1) is 0 Å². The first-order chi connectivity index (χ1) is 9.25. The summed E-state index contributed by atoms with van der Waals surface area (Å²) in [5, 5.41) is 3.33. The van der Waals surface area contributed by atoms with Crippen LogP contribution < -0.4 is 5.32 Å². The van der Waals surface area contributed by atoms with E-state index in [2.05, 4.69) is 10.2 Å². The predicted molar refractivity (Wildman–Crippen MR) is 75.1 cm³/mol. The molecule has 2 heterocycles. The van der Waals surface area contributed by atoms with E-state index >= 15 is 0 Å². The molecule has 2 aliphatic rings. The molecule has 0 aliphatic carbocycles. The van der Waals surface area contributed by atoms with Gasteiger partial charge >= 0.3 is 0 Å². The van der Waals surface area contributed by atoms with Gasteiger partial charge in [-0.3, -0.25) is 4.79 Å². The Labute approximate surface area is 116 Å². The van der Waals surface area contributed by atoms with E-state index in [1.807, 2.05) is 11.9 Å². The van der Waals surface area contributed by atoms with Gasteiger partial charge in [0, 0.05) is 66.0 Å². The van der Waals surface area contributed by atoms with Gasteiger partial charge in [-0.05, 0) is 18.8 Å². The summed E-state index contributed by atoms with van der Waals surface area (Å²) < 4.78 is 5.35. The van der Waals surface area contributed by atoms with Crippen LogP contribution in [0.2, 0.25) is 0 Å². The van der Waals surface area contributed by atoms with Crippen molar-refractivity contribution >= 4 is 5.91 Å². The Balaban J connectivity index is 1.63. The second kappa shape index (κ2) is 7.82. The summed E-state index contributed by atoms with van der Waals surface area (Å²) in [6, 6.07) is 0. The highest BCUT2D eigenvalue weighted by molar-refractivity contribution is 5.76. The number of ether oxygens (including phenoxy) is 1. The minimum atomic E-state index is 0.282. The lowest BCUT2D eigenvalue weighted by atomic mass is 10.00. The van der Waals surface area contributed by atoms with Gasteiger partial charge in [-0.25, -0.2) is 0 Å². The molecule has 2 saturated heterocycles. The zero-order chi connectivity index (χ0) is 13.5. The van der Waals surface area contributed by atoms with Crippen LogP contribution in [0.1, 0.15) is 19.3 Å². The fourth-order valence-electron chi connectivity index (χ4n) is 2.80. The quantitative estimate of drug-likeness (QED) is 0.772. The van der Waals surface area contributed by atoms with Crippen LogP contribution in [0.5, 0.6) is 0 Å². The molecule has 2 fully saturated rings. The summed E-state index contributed by atoms with van der Waals surface area (Å²) >= 11 is 0. The molecule has 5 heteroatoms. The number of carbonyl (C=O) groups excluding carboxylic acids is 1. The van der Waals surface area contributed by atoms with E-state index < -0.39 is 0 Å². The van der Waals surface area contributed by atoms with E-state index in [4.69, 9.17) is 4.74 Å². The lowest BCUT2D eigenvalue weighted by Gasteiger charge is -2.29. The minimum Gasteiger partial charge on any atom is -0.381 e. The van der Waals surface area contributed by atoms with Crippen molar-refractivity contribution in [1.29, 1.82) is 0 Å². The van der Waals surface area contributed by atoms with Crippen LogP contribution in [0.15, 0.2) is 0 Å². The number of nitrogens with zero attached hydrogens (tertiary/aromatic N) is 2. The molecule has 0 atom stereocenters. The van der Waals surface area contributed by atoms with Gasteiger partial charge in [0.15, 0.2) is 0 Å². The molecular formula is C14H27N3O2. The molecule has 0 aromatic carbocycles. The first-order valence-electron chi connectivity index (χ1n) is 7.50. The number of rotatable bonds is 5. The zero-order valence-electron chi connectivity index (χ0n) is 12.1. The average Bonchev–Trinajstić information content (AvgIpc) is 2.47. The van der Waals surface area contributed by atoms with Crippen molar-refractivity contribution in [3.8, 4) is 0 Å². The second-order valence-corrected chi connectivity index (χ2v) is 5.67. The topological polar surface area (TPSA) is 44.8 Å². The summed E-state index contributed by atoms with van der Waals surface area (Å²) in [5.74, 6) is 0.909.